The minimum Gasteiger partial charge on any atom is -0.443 e. The van der Waals surface area contributed by atoms with E-state index in [9.17, 15) is 9.59 Å². The highest BCUT2D eigenvalue weighted by Gasteiger charge is 2.21. The van der Waals surface area contributed by atoms with Gasteiger partial charge in [0.15, 0.2) is 0 Å². The van der Waals surface area contributed by atoms with Gasteiger partial charge in [-0.2, -0.15) is 0 Å². The molecule has 5 nitrogen and oxygen atoms in total. The predicted octanol–water partition coefficient (Wildman–Crippen LogP) is 4.11. The van der Waals surface area contributed by atoms with Crippen LogP contribution in [0.25, 0.3) is 10.9 Å². The second-order valence-corrected chi connectivity index (χ2v) is 6.43. The Bertz CT molecular complexity index is 712. The van der Waals surface area contributed by atoms with E-state index in [0.29, 0.717) is 21.1 Å². The van der Waals surface area contributed by atoms with Gasteiger partial charge in [-0.1, -0.05) is 6.07 Å². The topological polar surface area (TPSA) is 57.5 Å². The molecular weight excluding hydrogens is 338 g/mol. The zero-order chi connectivity index (χ0) is 15.8. The molecule has 0 aliphatic rings. The first-order chi connectivity index (χ1) is 9.69. The first-order valence-corrected chi connectivity index (χ1v) is 7.19. The van der Waals surface area contributed by atoms with Crippen molar-refractivity contribution in [3.8, 4) is 5.75 Å². The van der Waals surface area contributed by atoms with Gasteiger partial charge >= 0.3 is 12.1 Å². The first-order valence-electron chi connectivity index (χ1n) is 6.40. The summed E-state index contributed by atoms with van der Waals surface area (Å²) in [5.41, 5.74) is 0.0167. The highest BCUT2D eigenvalue weighted by molar-refractivity contribution is 9.10. The van der Waals surface area contributed by atoms with Gasteiger partial charge in [-0.15, -0.1) is 0 Å². The number of halogens is 1. The standard InChI is InChI=1S/C15H16BrNO4/c1-9(18)20-12-7-5-6-11-13(12)10(16)8-17(11)14(19)21-15(2,3)4/h5-8H,1-4H3. The summed E-state index contributed by atoms with van der Waals surface area (Å²) in [6.07, 6.45) is 1.12. The second kappa shape index (κ2) is 5.52. The highest BCUT2D eigenvalue weighted by atomic mass is 79.9. The van der Waals surface area contributed by atoms with Crippen LogP contribution in [0.4, 0.5) is 4.79 Å². The number of nitrogens with zero attached hydrogens (tertiary/aromatic N) is 1. The van der Waals surface area contributed by atoms with Crippen molar-refractivity contribution in [3.63, 3.8) is 0 Å². The largest absolute Gasteiger partial charge is 0.443 e. The lowest BCUT2D eigenvalue weighted by Gasteiger charge is -2.19. The number of aromatic nitrogens is 1. The number of hydrogen-bond donors (Lipinski definition) is 0. The average Bonchev–Trinajstić information content (AvgIpc) is 2.65. The van der Waals surface area contributed by atoms with Gasteiger partial charge in [0.25, 0.3) is 0 Å². The molecule has 0 amide bonds. The van der Waals surface area contributed by atoms with E-state index < -0.39 is 17.7 Å². The molecule has 0 aliphatic heterocycles. The van der Waals surface area contributed by atoms with Crippen molar-refractivity contribution >= 4 is 38.9 Å². The first kappa shape index (κ1) is 15.6. The van der Waals surface area contributed by atoms with E-state index in [0.717, 1.165) is 0 Å². The number of carbonyl (C=O) groups excluding carboxylic acids is 2. The molecule has 6 heteroatoms. The Morgan fingerprint density at radius 3 is 2.48 bits per heavy atom. The molecule has 2 aromatic rings. The zero-order valence-corrected chi connectivity index (χ0v) is 13.9. The molecule has 1 heterocycles. The Labute approximate surface area is 131 Å². The molecule has 0 fully saturated rings. The molecular formula is C15H16BrNO4. The summed E-state index contributed by atoms with van der Waals surface area (Å²) in [6.45, 7) is 6.74. The molecule has 0 saturated heterocycles. The third-order valence-corrected chi connectivity index (χ3v) is 3.19. The van der Waals surface area contributed by atoms with E-state index in [4.69, 9.17) is 9.47 Å². The quantitative estimate of drug-likeness (QED) is 0.571. The molecule has 0 bridgehead atoms. The molecule has 112 valence electrons. The van der Waals surface area contributed by atoms with E-state index in [1.807, 2.05) is 0 Å². The van der Waals surface area contributed by atoms with Gasteiger partial charge in [-0.05, 0) is 48.8 Å². The zero-order valence-electron chi connectivity index (χ0n) is 12.3. The van der Waals surface area contributed by atoms with E-state index in [-0.39, 0.29) is 0 Å². The maximum atomic E-state index is 12.2. The Hall–Kier alpha value is -1.82. The molecule has 0 N–H and O–H groups in total. The van der Waals surface area contributed by atoms with Crippen LogP contribution in [0.3, 0.4) is 0 Å². The van der Waals surface area contributed by atoms with Gasteiger partial charge in [0, 0.05) is 17.6 Å². The van der Waals surface area contributed by atoms with Crippen molar-refractivity contribution in [2.45, 2.75) is 33.3 Å². The number of fused-ring (bicyclic) bond motifs is 1. The second-order valence-electron chi connectivity index (χ2n) is 5.57. The van der Waals surface area contributed by atoms with Crippen LogP contribution in [0, 0.1) is 0 Å². The minimum absolute atomic E-state index is 0.397. The highest BCUT2D eigenvalue weighted by Crippen LogP contribution is 2.34. The fourth-order valence-electron chi connectivity index (χ4n) is 1.91. The van der Waals surface area contributed by atoms with Gasteiger partial charge in [0.05, 0.1) is 10.9 Å². The molecule has 1 aromatic heterocycles. The molecule has 0 radical (unpaired) electrons. The number of ether oxygens (including phenoxy) is 2. The molecule has 2 rings (SSSR count). The number of hydrogen-bond acceptors (Lipinski definition) is 4. The van der Waals surface area contributed by atoms with Crippen LogP contribution in [-0.4, -0.2) is 22.2 Å². The van der Waals surface area contributed by atoms with Crippen molar-refractivity contribution < 1.29 is 19.1 Å². The molecule has 21 heavy (non-hydrogen) atoms. The molecule has 0 aliphatic carbocycles. The van der Waals surface area contributed by atoms with E-state index in [1.54, 1.807) is 45.2 Å². The van der Waals surface area contributed by atoms with Gasteiger partial charge in [-0.25, -0.2) is 4.79 Å². The van der Waals surface area contributed by atoms with Crippen LogP contribution in [0.1, 0.15) is 27.7 Å². The Morgan fingerprint density at radius 2 is 1.90 bits per heavy atom. The summed E-state index contributed by atoms with van der Waals surface area (Å²) in [4.78, 5) is 23.4. The van der Waals surface area contributed by atoms with Crippen LogP contribution < -0.4 is 4.74 Å². The summed E-state index contributed by atoms with van der Waals surface area (Å²) in [6, 6.07) is 5.15. The summed E-state index contributed by atoms with van der Waals surface area (Å²) >= 11 is 3.39. The molecule has 0 unspecified atom stereocenters. The number of carbonyl (C=O) groups is 2. The van der Waals surface area contributed by atoms with Crippen molar-refractivity contribution in [1.29, 1.82) is 0 Å². The Morgan fingerprint density at radius 1 is 1.24 bits per heavy atom. The maximum absolute atomic E-state index is 12.2. The molecule has 1 aromatic carbocycles. The lowest BCUT2D eigenvalue weighted by atomic mass is 10.2. The summed E-state index contributed by atoms with van der Waals surface area (Å²) in [5.74, 6) is -0.0198. The summed E-state index contributed by atoms with van der Waals surface area (Å²) in [5, 5.41) is 0.651. The number of benzene rings is 1. The van der Waals surface area contributed by atoms with Gasteiger partial charge in [-0.3, -0.25) is 9.36 Å². The monoisotopic (exact) mass is 353 g/mol. The predicted molar refractivity (Wildman–Crippen MR) is 82.6 cm³/mol. The third-order valence-electron chi connectivity index (χ3n) is 2.59. The third kappa shape index (κ3) is 3.44. The molecule has 0 spiro atoms. The maximum Gasteiger partial charge on any atom is 0.419 e. The minimum atomic E-state index is -0.590. The van der Waals surface area contributed by atoms with Crippen molar-refractivity contribution in [1.82, 2.24) is 4.57 Å². The average molecular weight is 354 g/mol. The fraction of sp³-hybridized carbons (Fsp3) is 0.333. The van der Waals surface area contributed by atoms with Crippen molar-refractivity contribution in [2.24, 2.45) is 0 Å². The normalized spacial score (nSPS) is 11.5. The van der Waals surface area contributed by atoms with E-state index in [2.05, 4.69) is 15.9 Å². The van der Waals surface area contributed by atoms with E-state index >= 15 is 0 Å². The number of esters is 1. The Kier molecular flexibility index (Phi) is 4.09. The van der Waals surface area contributed by atoms with Crippen LogP contribution >= 0.6 is 15.9 Å². The van der Waals surface area contributed by atoms with Crippen LogP contribution in [0.2, 0.25) is 0 Å². The fourth-order valence-corrected chi connectivity index (χ4v) is 2.51. The number of rotatable bonds is 1. The summed E-state index contributed by atoms with van der Waals surface area (Å²) < 4.78 is 12.6. The summed E-state index contributed by atoms with van der Waals surface area (Å²) in [7, 11) is 0. The van der Waals surface area contributed by atoms with Gasteiger partial charge in [0.1, 0.15) is 11.4 Å². The lowest BCUT2D eigenvalue weighted by molar-refractivity contribution is -0.131. The van der Waals surface area contributed by atoms with E-state index in [1.165, 1.54) is 11.5 Å². The molecule has 0 saturated carbocycles. The van der Waals surface area contributed by atoms with Crippen LogP contribution in [-0.2, 0) is 9.53 Å². The molecule has 0 atom stereocenters. The van der Waals surface area contributed by atoms with Gasteiger partial charge < -0.3 is 9.47 Å². The van der Waals surface area contributed by atoms with Crippen molar-refractivity contribution in [3.05, 3.63) is 28.9 Å². The van der Waals surface area contributed by atoms with Crippen LogP contribution in [0.15, 0.2) is 28.9 Å². The van der Waals surface area contributed by atoms with Gasteiger partial charge in [0.2, 0.25) is 0 Å². The van der Waals surface area contributed by atoms with Crippen molar-refractivity contribution in [2.75, 3.05) is 0 Å². The SMILES string of the molecule is CC(=O)Oc1cccc2c1c(Br)cn2C(=O)OC(C)(C)C. The van der Waals surface area contributed by atoms with Crippen LogP contribution in [0.5, 0.6) is 5.75 Å². The Balaban J connectivity index is 2.53. The lowest BCUT2D eigenvalue weighted by Crippen LogP contribution is -2.26. The smallest absolute Gasteiger partial charge is 0.419 e.